The van der Waals surface area contributed by atoms with Crippen LogP contribution in [0.1, 0.15) is 5.56 Å². The number of rotatable bonds is 5. The van der Waals surface area contributed by atoms with Crippen LogP contribution in [-0.4, -0.2) is 23.6 Å². The Morgan fingerprint density at radius 1 is 1.10 bits per heavy atom. The summed E-state index contributed by atoms with van der Waals surface area (Å²) >= 11 is 1.49. The van der Waals surface area contributed by atoms with E-state index in [-0.39, 0.29) is 11.7 Å². The SMILES string of the molecule is CN(Cc1ccccc1F)C(=O)CSc1ccccc1. The molecule has 0 aliphatic rings. The molecule has 4 heteroatoms. The van der Waals surface area contributed by atoms with Gasteiger partial charge in [-0.05, 0) is 18.2 Å². The van der Waals surface area contributed by atoms with Crippen LogP contribution >= 0.6 is 11.8 Å². The van der Waals surface area contributed by atoms with Crippen molar-refractivity contribution >= 4 is 17.7 Å². The lowest BCUT2D eigenvalue weighted by Crippen LogP contribution is -2.28. The maximum Gasteiger partial charge on any atom is 0.232 e. The summed E-state index contributed by atoms with van der Waals surface area (Å²) in [5, 5.41) is 0. The van der Waals surface area contributed by atoms with E-state index in [9.17, 15) is 9.18 Å². The minimum Gasteiger partial charge on any atom is -0.341 e. The van der Waals surface area contributed by atoms with Crippen molar-refractivity contribution in [2.75, 3.05) is 12.8 Å². The van der Waals surface area contributed by atoms with Crippen LogP contribution in [0.3, 0.4) is 0 Å². The number of halogens is 1. The molecule has 0 bridgehead atoms. The predicted molar refractivity (Wildman–Crippen MR) is 80.0 cm³/mol. The van der Waals surface area contributed by atoms with Crippen LogP contribution in [0.4, 0.5) is 4.39 Å². The summed E-state index contributed by atoms with van der Waals surface area (Å²) in [6, 6.07) is 16.3. The number of carbonyl (C=O) groups excluding carboxylic acids is 1. The first-order valence-corrected chi connectivity index (χ1v) is 7.30. The molecular formula is C16H16FNOS. The van der Waals surface area contributed by atoms with E-state index in [1.54, 1.807) is 30.1 Å². The van der Waals surface area contributed by atoms with E-state index >= 15 is 0 Å². The topological polar surface area (TPSA) is 20.3 Å². The quantitative estimate of drug-likeness (QED) is 0.784. The number of hydrogen-bond acceptors (Lipinski definition) is 2. The monoisotopic (exact) mass is 289 g/mol. The van der Waals surface area contributed by atoms with Gasteiger partial charge in [0.15, 0.2) is 0 Å². The highest BCUT2D eigenvalue weighted by atomic mass is 32.2. The van der Waals surface area contributed by atoms with Gasteiger partial charge < -0.3 is 4.90 Å². The second kappa shape index (κ2) is 7.10. The Hall–Kier alpha value is -1.81. The number of hydrogen-bond donors (Lipinski definition) is 0. The molecule has 0 aliphatic heterocycles. The second-order valence-corrected chi connectivity index (χ2v) is 5.49. The molecule has 1 amide bonds. The zero-order valence-electron chi connectivity index (χ0n) is 11.3. The third kappa shape index (κ3) is 4.10. The third-order valence-electron chi connectivity index (χ3n) is 2.90. The van der Waals surface area contributed by atoms with Crippen LogP contribution in [0.15, 0.2) is 59.5 Å². The summed E-state index contributed by atoms with van der Waals surface area (Å²) in [4.78, 5) is 14.6. The Balaban J connectivity index is 1.88. The van der Waals surface area contributed by atoms with Gasteiger partial charge in [-0.1, -0.05) is 36.4 Å². The number of carbonyl (C=O) groups is 1. The average molecular weight is 289 g/mol. The van der Waals surface area contributed by atoms with Crippen molar-refractivity contribution in [3.8, 4) is 0 Å². The normalized spacial score (nSPS) is 10.3. The Morgan fingerprint density at radius 3 is 2.45 bits per heavy atom. The Kier molecular flexibility index (Phi) is 5.18. The van der Waals surface area contributed by atoms with Gasteiger partial charge in [0, 0.05) is 24.1 Å². The van der Waals surface area contributed by atoms with E-state index in [0.717, 1.165) is 4.90 Å². The highest BCUT2D eigenvalue weighted by molar-refractivity contribution is 8.00. The lowest BCUT2D eigenvalue weighted by atomic mass is 10.2. The van der Waals surface area contributed by atoms with Crippen molar-refractivity contribution in [3.63, 3.8) is 0 Å². The zero-order valence-corrected chi connectivity index (χ0v) is 12.1. The molecule has 0 fully saturated rings. The van der Waals surface area contributed by atoms with Gasteiger partial charge in [-0.15, -0.1) is 11.8 Å². The van der Waals surface area contributed by atoms with Crippen LogP contribution in [-0.2, 0) is 11.3 Å². The van der Waals surface area contributed by atoms with Crippen LogP contribution in [0.2, 0.25) is 0 Å². The molecule has 2 aromatic rings. The largest absolute Gasteiger partial charge is 0.341 e. The lowest BCUT2D eigenvalue weighted by Gasteiger charge is -2.17. The summed E-state index contributed by atoms with van der Waals surface area (Å²) in [5.74, 6) is 0.0691. The van der Waals surface area contributed by atoms with Crippen molar-refractivity contribution in [1.82, 2.24) is 4.90 Å². The first-order valence-electron chi connectivity index (χ1n) is 6.32. The van der Waals surface area contributed by atoms with Crippen LogP contribution in [0.5, 0.6) is 0 Å². The zero-order chi connectivity index (χ0) is 14.4. The van der Waals surface area contributed by atoms with Crippen LogP contribution in [0.25, 0.3) is 0 Å². The molecule has 0 saturated heterocycles. The van der Waals surface area contributed by atoms with Crippen molar-refractivity contribution in [2.45, 2.75) is 11.4 Å². The molecule has 0 heterocycles. The molecule has 104 valence electrons. The number of benzene rings is 2. The number of nitrogens with zero attached hydrogens (tertiary/aromatic N) is 1. The molecule has 0 unspecified atom stereocenters. The molecule has 2 rings (SSSR count). The molecule has 0 spiro atoms. The summed E-state index contributed by atoms with van der Waals surface area (Å²) in [6.07, 6.45) is 0. The fourth-order valence-electron chi connectivity index (χ4n) is 1.74. The molecule has 0 radical (unpaired) electrons. The second-order valence-electron chi connectivity index (χ2n) is 4.44. The average Bonchev–Trinajstić information content (AvgIpc) is 2.48. The third-order valence-corrected chi connectivity index (χ3v) is 3.89. The van der Waals surface area contributed by atoms with Gasteiger partial charge >= 0.3 is 0 Å². The van der Waals surface area contributed by atoms with Gasteiger partial charge in [-0.25, -0.2) is 4.39 Å². The smallest absolute Gasteiger partial charge is 0.232 e. The predicted octanol–water partition coefficient (Wildman–Crippen LogP) is 3.58. The number of amides is 1. The van der Waals surface area contributed by atoms with E-state index in [1.807, 2.05) is 30.3 Å². The first-order chi connectivity index (χ1) is 9.66. The van der Waals surface area contributed by atoms with E-state index < -0.39 is 0 Å². The summed E-state index contributed by atoms with van der Waals surface area (Å²) < 4.78 is 13.5. The van der Waals surface area contributed by atoms with Crippen molar-refractivity contribution < 1.29 is 9.18 Å². The standard InChI is InChI=1S/C16H16FNOS/c1-18(11-13-7-5-6-10-15(13)17)16(19)12-20-14-8-3-2-4-9-14/h2-10H,11-12H2,1H3. The van der Waals surface area contributed by atoms with Crippen molar-refractivity contribution in [3.05, 3.63) is 66.0 Å². The summed E-state index contributed by atoms with van der Waals surface area (Å²) in [5.41, 5.74) is 0.535. The summed E-state index contributed by atoms with van der Waals surface area (Å²) in [7, 11) is 1.69. The molecular weight excluding hydrogens is 273 g/mol. The maximum atomic E-state index is 13.5. The molecule has 0 atom stereocenters. The van der Waals surface area contributed by atoms with Crippen LogP contribution < -0.4 is 0 Å². The minimum absolute atomic E-state index is 0.0119. The minimum atomic E-state index is -0.275. The number of thioether (sulfide) groups is 1. The van der Waals surface area contributed by atoms with Crippen LogP contribution in [0, 0.1) is 5.82 Å². The van der Waals surface area contributed by atoms with E-state index in [0.29, 0.717) is 17.9 Å². The molecule has 0 saturated carbocycles. The first kappa shape index (κ1) is 14.6. The van der Waals surface area contributed by atoms with E-state index in [1.165, 1.54) is 17.8 Å². The molecule has 0 aromatic heterocycles. The van der Waals surface area contributed by atoms with Gasteiger partial charge in [0.25, 0.3) is 0 Å². The molecule has 0 aliphatic carbocycles. The van der Waals surface area contributed by atoms with Crippen molar-refractivity contribution in [2.24, 2.45) is 0 Å². The lowest BCUT2D eigenvalue weighted by molar-refractivity contribution is -0.127. The fourth-order valence-corrected chi connectivity index (χ4v) is 2.60. The van der Waals surface area contributed by atoms with Crippen molar-refractivity contribution in [1.29, 1.82) is 0 Å². The summed E-state index contributed by atoms with van der Waals surface area (Å²) in [6.45, 7) is 0.293. The van der Waals surface area contributed by atoms with Gasteiger partial charge in [0.1, 0.15) is 5.82 Å². The van der Waals surface area contributed by atoms with E-state index in [4.69, 9.17) is 0 Å². The van der Waals surface area contributed by atoms with Gasteiger partial charge in [-0.2, -0.15) is 0 Å². The van der Waals surface area contributed by atoms with E-state index in [2.05, 4.69) is 0 Å². The molecule has 2 nitrogen and oxygen atoms in total. The fraction of sp³-hybridized carbons (Fsp3) is 0.188. The maximum absolute atomic E-state index is 13.5. The Morgan fingerprint density at radius 2 is 1.75 bits per heavy atom. The molecule has 20 heavy (non-hydrogen) atoms. The molecule has 0 N–H and O–H groups in total. The molecule has 2 aromatic carbocycles. The van der Waals surface area contributed by atoms with Gasteiger partial charge in [0.2, 0.25) is 5.91 Å². The highest BCUT2D eigenvalue weighted by Crippen LogP contribution is 2.18. The Labute approximate surface area is 122 Å². The van der Waals surface area contributed by atoms with Gasteiger partial charge in [-0.3, -0.25) is 4.79 Å². The van der Waals surface area contributed by atoms with Gasteiger partial charge in [0.05, 0.1) is 5.75 Å². The Bertz CT molecular complexity index is 574. The highest BCUT2D eigenvalue weighted by Gasteiger charge is 2.11.